The molecule has 7 heteroatoms. The normalized spacial score (nSPS) is 34.0. The van der Waals surface area contributed by atoms with Gasteiger partial charge in [0.2, 0.25) is 0 Å². The summed E-state index contributed by atoms with van der Waals surface area (Å²) in [5.74, 6) is -1.23. The Hall–Kier alpha value is -2.53. The Labute approximate surface area is 241 Å². The molecular formula is C34H41F2NO4. The third-order valence-corrected chi connectivity index (χ3v) is 10.7. The van der Waals surface area contributed by atoms with Crippen LogP contribution in [0, 0.1) is 29.6 Å². The van der Waals surface area contributed by atoms with E-state index in [1.165, 1.54) is 35.1 Å². The van der Waals surface area contributed by atoms with Crippen LogP contribution in [0.3, 0.4) is 0 Å². The van der Waals surface area contributed by atoms with Gasteiger partial charge in [-0.05, 0) is 110 Å². The quantitative estimate of drug-likeness (QED) is 0.210. The Bertz CT molecular complexity index is 1290. The Morgan fingerprint density at radius 1 is 1.05 bits per heavy atom. The SMILES string of the molecule is C#CC(F)(F)[C@]1(O)CC[C@H]2[C@@H]3CCC4=C/C(=N\OCCOCCO)CCC4=C3[C@@H](c3ccc(C4CC4)cc3)C[C@@]21C. The number of halogens is 2. The zero-order valence-corrected chi connectivity index (χ0v) is 23.9. The fourth-order valence-electron chi connectivity index (χ4n) is 8.49. The fraction of sp³-hybridized carbons (Fsp3) is 0.618. The minimum Gasteiger partial charge on any atom is -0.394 e. The fourth-order valence-corrected chi connectivity index (χ4v) is 8.49. The number of hydrogen-bond acceptors (Lipinski definition) is 5. The van der Waals surface area contributed by atoms with Crippen LogP contribution in [-0.2, 0) is 9.57 Å². The summed E-state index contributed by atoms with van der Waals surface area (Å²) in [7, 11) is 0. The van der Waals surface area contributed by atoms with Crippen molar-refractivity contribution >= 4 is 5.71 Å². The average molecular weight is 566 g/mol. The molecule has 5 nitrogen and oxygen atoms in total. The number of nitrogens with zero attached hydrogens (tertiary/aromatic N) is 1. The molecule has 3 saturated carbocycles. The van der Waals surface area contributed by atoms with Gasteiger partial charge >= 0.3 is 5.92 Å². The number of terminal acetylenes is 1. The molecule has 1 aromatic carbocycles. The molecule has 1 aromatic rings. The van der Waals surface area contributed by atoms with Crippen LogP contribution in [-0.4, -0.2) is 53.9 Å². The molecule has 0 saturated heterocycles. The van der Waals surface area contributed by atoms with Gasteiger partial charge in [-0.15, -0.1) is 6.42 Å². The largest absolute Gasteiger partial charge is 0.394 e. The first-order valence-electron chi connectivity index (χ1n) is 15.2. The standard InChI is InChI=1S/C34H41F2NO4/c1-3-34(35,36)33(39)15-14-30-28-12-10-25-20-26(37-41-19-18-40-17-16-38)11-13-27(25)31(28)29(21-32(30,33)2)24-8-6-23(7-9-24)22-4-5-22/h1,6-9,20,22,28-30,38-39H,4-5,10-19,21H2,2H3/b37-26-/t28-,29+,30-,32-,33-/m0/s1. The lowest BCUT2D eigenvalue weighted by Gasteiger charge is -2.55. The van der Waals surface area contributed by atoms with E-state index < -0.39 is 16.9 Å². The maximum atomic E-state index is 15.3. The maximum Gasteiger partial charge on any atom is 0.336 e. The van der Waals surface area contributed by atoms with Gasteiger partial charge in [0, 0.05) is 11.3 Å². The molecular weight excluding hydrogens is 524 g/mol. The molecule has 5 aliphatic carbocycles. The second-order valence-corrected chi connectivity index (χ2v) is 12.8. The maximum absolute atomic E-state index is 15.3. The third kappa shape index (κ3) is 4.86. The lowest BCUT2D eigenvalue weighted by Crippen LogP contribution is -2.60. The zero-order chi connectivity index (χ0) is 28.8. The van der Waals surface area contributed by atoms with E-state index >= 15 is 8.78 Å². The highest BCUT2D eigenvalue weighted by molar-refractivity contribution is 5.97. The van der Waals surface area contributed by atoms with E-state index in [4.69, 9.17) is 21.1 Å². The van der Waals surface area contributed by atoms with Crippen molar-refractivity contribution < 1.29 is 28.6 Å². The van der Waals surface area contributed by atoms with Gasteiger partial charge in [0.15, 0.2) is 0 Å². The van der Waals surface area contributed by atoms with Gasteiger partial charge in [0.25, 0.3) is 0 Å². The van der Waals surface area contributed by atoms with E-state index in [1.54, 1.807) is 5.92 Å². The van der Waals surface area contributed by atoms with E-state index in [0.29, 0.717) is 32.0 Å². The molecule has 0 radical (unpaired) electrons. The molecule has 5 atom stereocenters. The Morgan fingerprint density at radius 3 is 2.51 bits per heavy atom. The smallest absolute Gasteiger partial charge is 0.336 e. The first-order valence-corrected chi connectivity index (χ1v) is 15.2. The minimum absolute atomic E-state index is 0.0175. The number of fused-ring (bicyclic) bond motifs is 4. The number of aliphatic hydroxyl groups is 2. The Kier molecular flexibility index (Phi) is 7.63. The van der Waals surface area contributed by atoms with Gasteiger partial charge in [0.1, 0.15) is 12.2 Å². The molecule has 3 fully saturated rings. The van der Waals surface area contributed by atoms with E-state index in [0.717, 1.165) is 37.0 Å². The molecule has 0 amide bonds. The lowest BCUT2D eigenvalue weighted by atomic mass is 9.50. The van der Waals surface area contributed by atoms with Crippen molar-refractivity contribution in [1.29, 1.82) is 0 Å². The highest BCUT2D eigenvalue weighted by atomic mass is 19.3. The second-order valence-electron chi connectivity index (χ2n) is 12.8. The summed E-state index contributed by atoms with van der Waals surface area (Å²) < 4.78 is 35.9. The average Bonchev–Trinajstić information content (AvgIpc) is 3.79. The number of oxime groups is 1. The van der Waals surface area contributed by atoms with Crippen LogP contribution in [0.5, 0.6) is 0 Å². The number of rotatable bonds is 9. The predicted octanol–water partition coefficient (Wildman–Crippen LogP) is 6.28. The molecule has 6 rings (SSSR count). The van der Waals surface area contributed by atoms with Gasteiger partial charge in [-0.1, -0.05) is 41.9 Å². The van der Waals surface area contributed by atoms with Crippen LogP contribution >= 0.6 is 0 Å². The number of aliphatic hydroxyl groups excluding tert-OH is 1. The van der Waals surface area contributed by atoms with Crippen molar-refractivity contribution in [3.8, 4) is 12.3 Å². The second kappa shape index (κ2) is 10.9. The molecule has 0 aliphatic heterocycles. The summed E-state index contributed by atoms with van der Waals surface area (Å²) in [4.78, 5) is 5.47. The number of benzene rings is 1. The summed E-state index contributed by atoms with van der Waals surface area (Å²) in [5, 5.41) is 24.9. The Morgan fingerprint density at radius 2 is 1.80 bits per heavy atom. The first kappa shape index (κ1) is 28.6. The predicted molar refractivity (Wildman–Crippen MR) is 154 cm³/mol. The van der Waals surface area contributed by atoms with Crippen molar-refractivity contribution in [2.24, 2.45) is 22.4 Å². The first-order chi connectivity index (χ1) is 19.7. The van der Waals surface area contributed by atoms with Crippen LogP contribution in [0.15, 0.2) is 52.2 Å². The summed E-state index contributed by atoms with van der Waals surface area (Å²) in [5.41, 5.74) is 4.19. The topological polar surface area (TPSA) is 71.3 Å². The van der Waals surface area contributed by atoms with Crippen molar-refractivity contribution in [2.75, 3.05) is 26.4 Å². The van der Waals surface area contributed by atoms with Gasteiger partial charge in [-0.2, -0.15) is 8.78 Å². The van der Waals surface area contributed by atoms with E-state index in [9.17, 15) is 5.11 Å². The molecule has 220 valence electrons. The molecule has 0 unspecified atom stereocenters. The molecule has 2 N–H and O–H groups in total. The number of ether oxygens (including phenoxy) is 1. The monoisotopic (exact) mass is 565 g/mol. The number of allylic oxidation sites excluding steroid dienone is 4. The summed E-state index contributed by atoms with van der Waals surface area (Å²) in [6, 6.07) is 8.82. The summed E-state index contributed by atoms with van der Waals surface area (Å²) >= 11 is 0. The third-order valence-electron chi connectivity index (χ3n) is 10.7. The van der Waals surface area contributed by atoms with Crippen LogP contribution in [0.4, 0.5) is 8.78 Å². The number of hydrogen-bond donors (Lipinski definition) is 2. The van der Waals surface area contributed by atoms with Crippen molar-refractivity contribution in [2.45, 2.75) is 88.1 Å². The van der Waals surface area contributed by atoms with Crippen LogP contribution in [0.2, 0.25) is 0 Å². The van der Waals surface area contributed by atoms with E-state index in [2.05, 4.69) is 35.5 Å². The van der Waals surface area contributed by atoms with Crippen molar-refractivity contribution in [3.05, 3.63) is 58.2 Å². The Balaban J connectivity index is 1.36. The molecule has 41 heavy (non-hydrogen) atoms. The van der Waals surface area contributed by atoms with Crippen molar-refractivity contribution in [3.63, 3.8) is 0 Å². The lowest BCUT2D eigenvalue weighted by molar-refractivity contribution is -0.209. The van der Waals surface area contributed by atoms with Gasteiger partial charge in [0.05, 0.1) is 25.5 Å². The summed E-state index contributed by atoms with van der Waals surface area (Å²) in [6.07, 6.45) is 14.3. The van der Waals surface area contributed by atoms with Crippen LogP contribution in [0.1, 0.15) is 87.7 Å². The molecule has 0 heterocycles. The molecule has 0 aromatic heterocycles. The number of alkyl halides is 2. The summed E-state index contributed by atoms with van der Waals surface area (Å²) in [6.45, 7) is 2.84. The zero-order valence-electron chi connectivity index (χ0n) is 23.9. The van der Waals surface area contributed by atoms with Crippen molar-refractivity contribution in [1.82, 2.24) is 0 Å². The molecule has 0 bridgehead atoms. The van der Waals surface area contributed by atoms with Gasteiger partial charge in [-0.3, -0.25) is 0 Å². The molecule has 0 spiro atoms. The van der Waals surface area contributed by atoms with Gasteiger partial charge < -0.3 is 19.8 Å². The highest BCUT2D eigenvalue weighted by Gasteiger charge is 2.71. The van der Waals surface area contributed by atoms with Gasteiger partial charge in [-0.25, -0.2) is 0 Å². The molecule has 5 aliphatic rings. The van der Waals surface area contributed by atoms with E-state index in [1.807, 2.05) is 6.92 Å². The van der Waals surface area contributed by atoms with Crippen LogP contribution < -0.4 is 0 Å². The van der Waals surface area contributed by atoms with Crippen LogP contribution in [0.25, 0.3) is 0 Å². The van der Waals surface area contributed by atoms with E-state index in [-0.39, 0.29) is 37.4 Å². The highest BCUT2D eigenvalue weighted by Crippen LogP contribution is 2.69. The minimum atomic E-state index is -3.58.